The Labute approximate surface area is 111 Å². The quantitative estimate of drug-likeness (QED) is 0.780. The maximum Gasteiger partial charge on any atom is 0.339 e. The van der Waals surface area contributed by atoms with Crippen molar-refractivity contribution in [1.82, 2.24) is 4.98 Å². The lowest BCUT2D eigenvalue weighted by Gasteiger charge is -2.12. The first-order valence-corrected chi connectivity index (χ1v) is 6.08. The predicted octanol–water partition coefficient (Wildman–Crippen LogP) is 2.38. The third kappa shape index (κ3) is 3.00. The van der Waals surface area contributed by atoms with Gasteiger partial charge in [0.25, 0.3) is 0 Å². The standard InChI is InChI=1S/C14H16N2O3/c1-19-8-4-7-15-13-10-5-2-3-6-12(10)16-9-11(13)14(17)18/h2-3,5-6,9H,4,7-8H2,1H3,(H,15,16)(H,17,18). The van der Waals surface area contributed by atoms with Gasteiger partial charge in [-0.3, -0.25) is 4.98 Å². The molecule has 0 aliphatic carbocycles. The first-order valence-electron chi connectivity index (χ1n) is 6.08. The van der Waals surface area contributed by atoms with Gasteiger partial charge >= 0.3 is 5.97 Å². The Kier molecular flexibility index (Phi) is 4.30. The lowest BCUT2D eigenvalue weighted by atomic mass is 10.1. The van der Waals surface area contributed by atoms with Crippen LogP contribution in [0.5, 0.6) is 0 Å². The number of carboxylic acid groups (broad SMARTS) is 1. The van der Waals surface area contributed by atoms with E-state index < -0.39 is 5.97 Å². The van der Waals surface area contributed by atoms with Crippen LogP contribution in [0.4, 0.5) is 5.69 Å². The Bertz CT molecular complexity index is 584. The molecule has 0 unspecified atom stereocenters. The van der Waals surface area contributed by atoms with Gasteiger partial charge in [-0.25, -0.2) is 4.79 Å². The highest BCUT2D eigenvalue weighted by Gasteiger charge is 2.13. The maximum absolute atomic E-state index is 11.2. The summed E-state index contributed by atoms with van der Waals surface area (Å²) in [4.78, 5) is 15.4. The van der Waals surface area contributed by atoms with E-state index in [1.165, 1.54) is 6.20 Å². The minimum Gasteiger partial charge on any atom is -0.478 e. The molecule has 2 aromatic rings. The average molecular weight is 260 g/mol. The Hall–Kier alpha value is -2.14. The van der Waals surface area contributed by atoms with Gasteiger partial charge in [-0.1, -0.05) is 18.2 Å². The topological polar surface area (TPSA) is 71.5 Å². The number of benzene rings is 1. The maximum atomic E-state index is 11.2. The van der Waals surface area contributed by atoms with E-state index in [1.54, 1.807) is 7.11 Å². The van der Waals surface area contributed by atoms with Crippen LogP contribution >= 0.6 is 0 Å². The van der Waals surface area contributed by atoms with Crippen LogP contribution < -0.4 is 5.32 Å². The minimum absolute atomic E-state index is 0.191. The number of nitrogens with zero attached hydrogens (tertiary/aromatic N) is 1. The van der Waals surface area contributed by atoms with Crippen molar-refractivity contribution in [1.29, 1.82) is 0 Å². The highest BCUT2D eigenvalue weighted by atomic mass is 16.5. The summed E-state index contributed by atoms with van der Waals surface area (Å²) in [7, 11) is 1.64. The summed E-state index contributed by atoms with van der Waals surface area (Å²) in [6.07, 6.45) is 2.20. The number of ether oxygens (including phenoxy) is 1. The third-order valence-corrected chi connectivity index (χ3v) is 2.83. The van der Waals surface area contributed by atoms with Gasteiger partial charge in [-0.15, -0.1) is 0 Å². The van der Waals surface area contributed by atoms with Crippen LogP contribution in [0.25, 0.3) is 10.9 Å². The molecule has 0 spiro atoms. The number of para-hydroxylation sites is 1. The van der Waals surface area contributed by atoms with Crippen LogP contribution in [0.2, 0.25) is 0 Å². The molecule has 0 aliphatic heterocycles. The zero-order valence-corrected chi connectivity index (χ0v) is 10.7. The molecule has 0 aliphatic rings. The van der Waals surface area contributed by atoms with E-state index in [1.807, 2.05) is 24.3 Å². The van der Waals surface area contributed by atoms with E-state index in [4.69, 9.17) is 4.74 Å². The third-order valence-electron chi connectivity index (χ3n) is 2.83. The van der Waals surface area contributed by atoms with Crippen LogP contribution in [-0.4, -0.2) is 36.3 Å². The van der Waals surface area contributed by atoms with Crippen LogP contribution in [0.1, 0.15) is 16.8 Å². The molecule has 0 atom stereocenters. The van der Waals surface area contributed by atoms with Gasteiger partial charge in [-0.2, -0.15) is 0 Å². The molecule has 19 heavy (non-hydrogen) atoms. The van der Waals surface area contributed by atoms with Crippen LogP contribution in [0.3, 0.4) is 0 Å². The van der Waals surface area contributed by atoms with Gasteiger partial charge in [0, 0.05) is 31.8 Å². The highest BCUT2D eigenvalue weighted by Crippen LogP contribution is 2.25. The number of pyridine rings is 1. The molecule has 2 rings (SSSR count). The Morgan fingerprint density at radius 3 is 2.95 bits per heavy atom. The summed E-state index contributed by atoms with van der Waals surface area (Å²) < 4.78 is 4.98. The molecule has 1 heterocycles. The van der Waals surface area contributed by atoms with E-state index in [2.05, 4.69) is 10.3 Å². The molecule has 100 valence electrons. The zero-order valence-electron chi connectivity index (χ0n) is 10.7. The zero-order chi connectivity index (χ0) is 13.7. The minimum atomic E-state index is -0.979. The number of carboxylic acids is 1. The second kappa shape index (κ2) is 6.15. The van der Waals surface area contributed by atoms with Crippen molar-refractivity contribution in [3.8, 4) is 0 Å². The first kappa shape index (κ1) is 13.3. The molecule has 0 saturated heterocycles. The Morgan fingerprint density at radius 2 is 2.21 bits per heavy atom. The van der Waals surface area contributed by atoms with Gasteiger partial charge in [0.2, 0.25) is 0 Å². The number of nitrogens with one attached hydrogen (secondary N) is 1. The predicted molar refractivity (Wildman–Crippen MR) is 73.7 cm³/mol. The largest absolute Gasteiger partial charge is 0.478 e. The monoisotopic (exact) mass is 260 g/mol. The van der Waals surface area contributed by atoms with Gasteiger partial charge < -0.3 is 15.2 Å². The molecular weight excluding hydrogens is 244 g/mol. The fourth-order valence-corrected chi connectivity index (χ4v) is 1.92. The molecule has 0 radical (unpaired) electrons. The summed E-state index contributed by atoms with van der Waals surface area (Å²) in [5, 5.41) is 13.2. The average Bonchev–Trinajstić information content (AvgIpc) is 2.43. The second-order valence-electron chi connectivity index (χ2n) is 4.14. The van der Waals surface area contributed by atoms with E-state index >= 15 is 0 Å². The molecule has 0 amide bonds. The van der Waals surface area contributed by atoms with Crippen molar-refractivity contribution in [2.45, 2.75) is 6.42 Å². The summed E-state index contributed by atoms with van der Waals surface area (Å²) >= 11 is 0. The van der Waals surface area contributed by atoms with E-state index in [9.17, 15) is 9.90 Å². The molecule has 0 saturated carbocycles. The van der Waals surface area contributed by atoms with Crippen molar-refractivity contribution < 1.29 is 14.6 Å². The SMILES string of the molecule is COCCCNc1c(C(=O)O)cnc2ccccc12. The normalized spacial score (nSPS) is 10.6. The second-order valence-corrected chi connectivity index (χ2v) is 4.14. The highest BCUT2D eigenvalue weighted by molar-refractivity contribution is 6.04. The molecule has 5 nitrogen and oxygen atoms in total. The number of aromatic carboxylic acids is 1. The molecule has 1 aromatic heterocycles. The van der Waals surface area contributed by atoms with Crippen LogP contribution in [0.15, 0.2) is 30.5 Å². The summed E-state index contributed by atoms with van der Waals surface area (Å²) in [6, 6.07) is 7.48. The van der Waals surface area contributed by atoms with Gasteiger partial charge in [0.15, 0.2) is 0 Å². The number of fused-ring (bicyclic) bond motifs is 1. The molecule has 5 heteroatoms. The van der Waals surface area contributed by atoms with E-state index in [0.29, 0.717) is 18.8 Å². The van der Waals surface area contributed by atoms with Crippen molar-refractivity contribution >= 4 is 22.6 Å². The fourth-order valence-electron chi connectivity index (χ4n) is 1.92. The first-order chi connectivity index (χ1) is 9.24. The van der Waals surface area contributed by atoms with Crippen molar-refractivity contribution in [2.24, 2.45) is 0 Å². The molecular formula is C14H16N2O3. The van der Waals surface area contributed by atoms with Crippen LogP contribution in [0, 0.1) is 0 Å². The van der Waals surface area contributed by atoms with Crippen LogP contribution in [-0.2, 0) is 4.74 Å². The fraction of sp³-hybridized carbons (Fsp3) is 0.286. The summed E-state index contributed by atoms with van der Waals surface area (Å²) in [5.41, 5.74) is 1.59. The lowest BCUT2D eigenvalue weighted by molar-refractivity contribution is 0.0697. The number of aromatic nitrogens is 1. The number of hydrogen-bond donors (Lipinski definition) is 2. The van der Waals surface area contributed by atoms with Gasteiger partial charge in [-0.05, 0) is 12.5 Å². The molecule has 2 N–H and O–H groups in total. The Balaban J connectivity index is 2.35. The van der Waals surface area contributed by atoms with E-state index in [0.717, 1.165) is 17.3 Å². The summed E-state index contributed by atoms with van der Waals surface area (Å²) in [6.45, 7) is 1.29. The number of anilines is 1. The van der Waals surface area contributed by atoms with Crippen molar-refractivity contribution in [3.63, 3.8) is 0 Å². The molecule has 0 fully saturated rings. The summed E-state index contributed by atoms with van der Waals surface area (Å²) in [5.74, 6) is -0.979. The number of carbonyl (C=O) groups is 1. The Morgan fingerprint density at radius 1 is 1.42 bits per heavy atom. The number of hydrogen-bond acceptors (Lipinski definition) is 4. The molecule has 0 bridgehead atoms. The lowest BCUT2D eigenvalue weighted by Crippen LogP contribution is -2.10. The number of rotatable bonds is 6. The molecule has 1 aromatic carbocycles. The van der Waals surface area contributed by atoms with Gasteiger partial charge in [0.05, 0.1) is 11.2 Å². The van der Waals surface area contributed by atoms with Crippen molar-refractivity contribution in [3.05, 3.63) is 36.0 Å². The van der Waals surface area contributed by atoms with Gasteiger partial charge in [0.1, 0.15) is 5.56 Å². The number of methoxy groups -OCH3 is 1. The van der Waals surface area contributed by atoms with E-state index in [-0.39, 0.29) is 5.56 Å². The smallest absolute Gasteiger partial charge is 0.339 e. The van der Waals surface area contributed by atoms with Crippen molar-refractivity contribution in [2.75, 3.05) is 25.6 Å².